The van der Waals surface area contributed by atoms with E-state index in [1.165, 1.54) is 56.9 Å². The van der Waals surface area contributed by atoms with Gasteiger partial charge < -0.3 is 9.59 Å². The standard InChI is InChI=1S/C30H46NO/c1-4-5-6-7-8-9-10-15-24-29(30(32)28-22-16-12-17-23-28)26-31(2,3)25-18-21-27-19-13-11-14-20-27/h11-14,16-23,29-30,32H,4-10,15,24-26H2,1-3H3/q+1/b21-18-/t29-,30+/m0/s1. The van der Waals surface area contributed by atoms with Crippen LogP contribution in [0.5, 0.6) is 0 Å². The Kier molecular flexibility index (Phi) is 12.4. The zero-order valence-electron chi connectivity index (χ0n) is 20.8. The van der Waals surface area contributed by atoms with E-state index in [1.54, 1.807) is 0 Å². The van der Waals surface area contributed by atoms with E-state index in [1.807, 2.05) is 18.2 Å². The third-order valence-corrected chi connectivity index (χ3v) is 6.45. The van der Waals surface area contributed by atoms with E-state index in [0.717, 1.165) is 29.6 Å². The molecular weight excluding hydrogens is 390 g/mol. The first kappa shape index (κ1) is 26.4. The molecule has 2 nitrogen and oxygen atoms in total. The lowest BCUT2D eigenvalue weighted by Crippen LogP contribution is -2.44. The summed E-state index contributed by atoms with van der Waals surface area (Å²) >= 11 is 0. The molecule has 2 rings (SSSR count). The average molecular weight is 437 g/mol. The number of rotatable bonds is 16. The largest absolute Gasteiger partial charge is 0.388 e. The molecule has 0 aliphatic carbocycles. The molecule has 0 unspecified atom stereocenters. The van der Waals surface area contributed by atoms with Crippen LogP contribution >= 0.6 is 0 Å². The fraction of sp³-hybridized carbons (Fsp3) is 0.533. The van der Waals surface area contributed by atoms with Crippen LogP contribution in [0.25, 0.3) is 6.08 Å². The Morgan fingerprint density at radius 1 is 0.781 bits per heavy atom. The molecule has 0 saturated carbocycles. The molecule has 0 spiro atoms. The summed E-state index contributed by atoms with van der Waals surface area (Å²) in [5, 5.41) is 11.2. The topological polar surface area (TPSA) is 20.2 Å². The number of likely N-dealkylation sites (N-methyl/N-ethyl adjacent to an activating group) is 1. The predicted octanol–water partition coefficient (Wildman–Crippen LogP) is 7.66. The van der Waals surface area contributed by atoms with Crippen molar-refractivity contribution in [3.63, 3.8) is 0 Å². The van der Waals surface area contributed by atoms with Crippen molar-refractivity contribution in [1.82, 2.24) is 0 Å². The Hall–Kier alpha value is -1.90. The summed E-state index contributed by atoms with van der Waals surface area (Å²) in [7, 11) is 4.57. The molecule has 0 fully saturated rings. The van der Waals surface area contributed by atoms with E-state index >= 15 is 0 Å². The van der Waals surface area contributed by atoms with E-state index in [-0.39, 0.29) is 5.92 Å². The molecule has 0 saturated heterocycles. The fourth-order valence-electron chi connectivity index (χ4n) is 4.56. The summed E-state index contributed by atoms with van der Waals surface area (Å²) in [4.78, 5) is 0. The maximum atomic E-state index is 11.2. The molecule has 0 amide bonds. The Labute approximate surface area is 197 Å². The highest BCUT2D eigenvalue weighted by molar-refractivity contribution is 5.48. The van der Waals surface area contributed by atoms with Gasteiger partial charge in [0.1, 0.15) is 0 Å². The minimum atomic E-state index is -0.392. The fourth-order valence-corrected chi connectivity index (χ4v) is 4.56. The molecule has 2 heteroatoms. The highest BCUT2D eigenvalue weighted by Gasteiger charge is 2.28. The van der Waals surface area contributed by atoms with E-state index in [9.17, 15) is 5.11 Å². The summed E-state index contributed by atoms with van der Waals surface area (Å²) in [6.45, 7) is 4.21. The van der Waals surface area contributed by atoms with Crippen LogP contribution in [0.1, 0.15) is 81.9 Å². The number of quaternary nitrogens is 1. The van der Waals surface area contributed by atoms with Gasteiger partial charge in [0.25, 0.3) is 0 Å². The third kappa shape index (κ3) is 10.6. The molecule has 1 N–H and O–H groups in total. The van der Waals surface area contributed by atoms with Crippen LogP contribution in [0.2, 0.25) is 0 Å². The Bertz CT molecular complexity index is 738. The maximum Gasteiger partial charge on any atom is 0.0972 e. The van der Waals surface area contributed by atoms with E-state index < -0.39 is 6.10 Å². The first-order valence-corrected chi connectivity index (χ1v) is 12.8. The van der Waals surface area contributed by atoms with Crippen LogP contribution in [0.3, 0.4) is 0 Å². The number of nitrogens with zero attached hydrogens (tertiary/aromatic N) is 1. The minimum Gasteiger partial charge on any atom is -0.388 e. The monoisotopic (exact) mass is 436 g/mol. The van der Waals surface area contributed by atoms with Gasteiger partial charge in [-0.05, 0) is 23.6 Å². The number of unbranched alkanes of at least 4 members (excludes halogenated alkanes) is 7. The number of benzene rings is 2. The van der Waals surface area contributed by atoms with E-state index in [2.05, 4.69) is 75.6 Å². The molecular formula is C30H46NO+. The summed E-state index contributed by atoms with van der Waals surface area (Å²) in [5.74, 6) is 0.276. The lowest BCUT2D eigenvalue weighted by molar-refractivity contribution is -0.888. The summed E-state index contributed by atoms with van der Waals surface area (Å²) in [6, 6.07) is 20.7. The van der Waals surface area contributed by atoms with Crippen molar-refractivity contribution in [1.29, 1.82) is 0 Å². The van der Waals surface area contributed by atoms with Crippen molar-refractivity contribution in [3.05, 3.63) is 77.9 Å². The van der Waals surface area contributed by atoms with Gasteiger partial charge in [0.05, 0.1) is 33.3 Å². The van der Waals surface area contributed by atoms with Crippen molar-refractivity contribution in [2.75, 3.05) is 27.2 Å². The highest BCUT2D eigenvalue weighted by atomic mass is 16.3. The lowest BCUT2D eigenvalue weighted by Gasteiger charge is -2.35. The number of hydrogen-bond acceptors (Lipinski definition) is 1. The van der Waals surface area contributed by atoms with Crippen molar-refractivity contribution in [3.8, 4) is 0 Å². The molecule has 176 valence electrons. The van der Waals surface area contributed by atoms with Gasteiger partial charge in [-0.15, -0.1) is 0 Å². The minimum absolute atomic E-state index is 0.276. The van der Waals surface area contributed by atoms with Gasteiger partial charge in [-0.3, -0.25) is 0 Å². The van der Waals surface area contributed by atoms with Gasteiger partial charge in [-0.2, -0.15) is 0 Å². The maximum absolute atomic E-state index is 11.2. The van der Waals surface area contributed by atoms with E-state index in [0.29, 0.717) is 0 Å². The van der Waals surface area contributed by atoms with Crippen molar-refractivity contribution >= 4 is 6.08 Å². The molecule has 0 radical (unpaired) electrons. The Morgan fingerprint density at radius 2 is 1.34 bits per heavy atom. The lowest BCUT2D eigenvalue weighted by atomic mass is 9.89. The molecule has 0 aliphatic heterocycles. The van der Waals surface area contributed by atoms with Crippen molar-refractivity contribution in [2.24, 2.45) is 5.92 Å². The van der Waals surface area contributed by atoms with E-state index in [4.69, 9.17) is 0 Å². The van der Waals surface area contributed by atoms with Crippen LogP contribution in [0, 0.1) is 5.92 Å². The molecule has 2 aromatic carbocycles. The van der Waals surface area contributed by atoms with Crippen molar-refractivity contribution < 1.29 is 9.59 Å². The Morgan fingerprint density at radius 3 is 1.97 bits per heavy atom. The van der Waals surface area contributed by atoms with Gasteiger partial charge in [0.15, 0.2) is 0 Å². The molecule has 0 bridgehead atoms. The van der Waals surface area contributed by atoms with Crippen LogP contribution in [-0.4, -0.2) is 36.8 Å². The van der Waals surface area contributed by atoms with Gasteiger partial charge in [-0.25, -0.2) is 0 Å². The summed E-state index contributed by atoms with van der Waals surface area (Å²) in [5.41, 5.74) is 2.30. The van der Waals surface area contributed by atoms with Gasteiger partial charge in [0.2, 0.25) is 0 Å². The molecule has 0 aromatic heterocycles. The van der Waals surface area contributed by atoms with Crippen LogP contribution in [0.15, 0.2) is 66.7 Å². The second kappa shape index (κ2) is 15.0. The first-order chi connectivity index (χ1) is 15.5. The third-order valence-electron chi connectivity index (χ3n) is 6.45. The molecule has 32 heavy (non-hydrogen) atoms. The van der Waals surface area contributed by atoms with Gasteiger partial charge in [0, 0.05) is 5.92 Å². The zero-order chi connectivity index (χ0) is 23.1. The zero-order valence-corrected chi connectivity index (χ0v) is 20.8. The number of aliphatic hydroxyl groups is 1. The smallest absolute Gasteiger partial charge is 0.0972 e. The highest BCUT2D eigenvalue weighted by Crippen LogP contribution is 2.29. The summed E-state index contributed by atoms with van der Waals surface area (Å²) < 4.78 is 0.884. The van der Waals surface area contributed by atoms with Crippen LogP contribution in [0.4, 0.5) is 0 Å². The van der Waals surface area contributed by atoms with Crippen LogP contribution < -0.4 is 0 Å². The Balaban J connectivity index is 1.90. The molecule has 0 heterocycles. The van der Waals surface area contributed by atoms with Gasteiger partial charge >= 0.3 is 0 Å². The van der Waals surface area contributed by atoms with Crippen LogP contribution in [-0.2, 0) is 0 Å². The van der Waals surface area contributed by atoms with Crippen molar-refractivity contribution in [2.45, 2.75) is 70.8 Å². The first-order valence-electron chi connectivity index (χ1n) is 12.8. The quantitative estimate of drug-likeness (QED) is 0.211. The predicted molar refractivity (Wildman–Crippen MR) is 139 cm³/mol. The molecule has 0 aliphatic rings. The second-order valence-corrected chi connectivity index (χ2v) is 9.99. The number of hydrogen-bond donors (Lipinski definition) is 1. The SMILES string of the molecule is CCCCCCCCCC[C@@H](C[N+](C)(C)C/C=C\c1ccccc1)[C@H](O)c1ccccc1. The molecule has 2 atom stereocenters. The molecule has 2 aromatic rings. The average Bonchev–Trinajstić information content (AvgIpc) is 2.80. The normalized spacial score (nSPS) is 14.0. The van der Waals surface area contributed by atoms with Gasteiger partial charge in [-0.1, -0.05) is 125 Å². The number of aliphatic hydroxyl groups excluding tert-OH is 1. The summed E-state index contributed by atoms with van der Waals surface area (Å²) in [6.07, 6.45) is 15.8. The second-order valence-electron chi connectivity index (χ2n) is 9.99.